The number of para-hydroxylation sites is 1. The van der Waals surface area contributed by atoms with Gasteiger partial charge in [0.2, 0.25) is 0 Å². The van der Waals surface area contributed by atoms with Crippen LogP contribution in [0.2, 0.25) is 0 Å². The van der Waals surface area contributed by atoms with Crippen molar-refractivity contribution in [2.45, 2.75) is 51.7 Å². The summed E-state index contributed by atoms with van der Waals surface area (Å²) in [5, 5.41) is 3.53. The van der Waals surface area contributed by atoms with Crippen molar-refractivity contribution >= 4 is 0 Å². The average Bonchev–Trinajstić information content (AvgIpc) is 2.47. The maximum absolute atomic E-state index is 6.19. The van der Waals surface area contributed by atoms with Crippen LogP contribution in [-0.4, -0.2) is 12.6 Å². The fraction of sp³-hybridized carbons (Fsp3) is 0.529. The highest BCUT2D eigenvalue weighted by molar-refractivity contribution is 5.36. The van der Waals surface area contributed by atoms with Gasteiger partial charge < -0.3 is 10.1 Å². The standard InChI is InChI=1S/C17H25NO/c1-3-16(18-4-2)15-12-8-9-13-17(15)19-14-10-6-5-7-11-14/h6,8-10,12-14,16,18H,3-5,7,11H2,1-2H3. The summed E-state index contributed by atoms with van der Waals surface area (Å²) < 4.78 is 6.19. The van der Waals surface area contributed by atoms with Crippen LogP contribution in [0.1, 0.15) is 51.1 Å². The molecule has 2 atom stereocenters. The Morgan fingerprint density at radius 2 is 2.16 bits per heavy atom. The van der Waals surface area contributed by atoms with Crippen molar-refractivity contribution in [1.29, 1.82) is 0 Å². The summed E-state index contributed by atoms with van der Waals surface area (Å²) in [6.07, 6.45) is 9.31. The van der Waals surface area contributed by atoms with Crippen LogP contribution in [0, 0.1) is 0 Å². The zero-order chi connectivity index (χ0) is 13.5. The van der Waals surface area contributed by atoms with Gasteiger partial charge in [0.25, 0.3) is 0 Å². The summed E-state index contributed by atoms with van der Waals surface area (Å²) in [7, 11) is 0. The molecule has 0 aliphatic heterocycles. The SMILES string of the molecule is CCNC(CC)c1ccccc1OC1C=CCCC1. The van der Waals surface area contributed by atoms with E-state index in [1.807, 2.05) is 0 Å². The van der Waals surface area contributed by atoms with Gasteiger partial charge in [0.05, 0.1) is 0 Å². The van der Waals surface area contributed by atoms with Gasteiger partial charge in [-0.2, -0.15) is 0 Å². The summed E-state index contributed by atoms with van der Waals surface area (Å²) in [5.74, 6) is 1.03. The first-order valence-electron chi connectivity index (χ1n) is 7.50. The monoisotopic (exact) mass is 259 g/mol. The van der Waals surface area contributed by atoms with Gasteiger partial charge in [0, 0.05) is 11.6 Å². The molecule has 2 unspecified atom stereocenters. The lowest BCUT2D eigenvalue weighted by molar-refractivity contribution is 0.225. The van der Waals surface area contributed by atoms with Gasteiger partial charge >= 0.3 is 0 Å². The number of benzene rings is 1. The van der Waals surface area contributed by atoms with Crippen LogP contribution in [0.3, 0.4) is 0 Å². The first-order valence-corrected chi connectivity index (χ1v) is 7.50. The second-order valence-corrected chi connectivity index (χ2v) is 5.07. The molecule has 0 aromatic heterocycles. The van der Waals surface area contributed by atoms with E-state index in [1.165, 1.54) is 18.4 Å². The van der Waals surface area contributed by atoms with Crippen molar-refractivity contribution in [2.75, 3.05) is 6.54 Å². The lowest BCUT2D eigenvalue weighted by atomic mass is 10.0. The highest BCUT2D eigenvalue weighted by atomic mass is 16.5. The third-order valence-electron chi connectivity index (χ3n) is 3.64. The predicted octanol–water partition coefficient (Wildman–Crippen LogP) is 4.23. The molecule has 1 N–H and O–H groups in total. The van der Waals surface area contributed by atoms with E-state index in [0.717, 1.165) is 25.1 Å². The van der Waals surface area contributed by atoms with Crippen LogP contribution in [0.5, 0.6) is 5.75 Å². The highest BCUT2D eigenvalue weighted by Crippen LogP contribution is 2.29. The van der Waals surface area contributed by atoms with Gasteiger partial charge in [-0.25, -0.2) is 0 Å². The number of hydrogen-bond donors (Lipinski definition) is 1. The first-order chi connectivity index (χ1) is 9.35. The minimum atomic E-state index is 0.244. The van der Waals surface area contributed by atoms with Gasteiger partial charge in [-0.15, -0.1) is 0 Å². The summed E-state index contributed by atoms with van der Waals surface area (Å²) in [6.45, 7) is 5.34. The van der Waals surface area contributed by atoms with Crippen molar-refractivity contribution in [1.82, 2.24) is 5.32 Å². The molecule has 1 aromatic carbocycles. The topological polar surface area (TPSA) is 21.3 Å². The Morgan fingerprint density at radius 1 is 1.32 bits per heavy atom. The van der Waals surface area contributed by atoms with Gasteiger partial charge in [0.15, 0.2) is 0 Å². The van der Waals surface area contributed by atoms with Gasteiger partial charge in [-0.05, 0) is 44.4 Å². The maximum Gasteiger partial charge on any atom is 0.124 e. The van der Waals surface area contributed by atoms with Gasteiger partial charge in [-0.1, -0.05) is 38.1 Å². The molecule has 0 spiro atoms. The molecule has 2 rings (SSSR count). The van der Waals surface area contributed by atoms with Crippen molar-refractivity contribution < 1.29 is 4.74 Å². The Hall–Kier alpha value is -1.28. The molecule has 2 nitrogen and oxygen atoms in total. The second kappa shape index (κ2) is 7.34. The van der Waals surface area contributed by atoms with E-state index in [1.54, 1.807) is 0 Å². The molecule has 0 heterocycles. The lowest BCUT2D eigenvalue weighted by Gasteiger charge is -2.24. The smallest absolute Gasteiger partial charge is 0.124 e. The Labute approximate surface area is 116 Å². The zero-order valence-corrected chi connectivity index (χ0v) is 12.1. The lowest BCUT2D eigenvalue weighted by Crippen LogP contribution is -2.22. The molecular formula is C17H25NO. The normalized spacial score (nSPS) is 20.2. The molecule has 2 heteroatoms. The summed E-state index contributed by atoms with van der Waals surface area (Å²) in [5.41, 5.74) is 1.28. The molecule has 0 saturated carbocycles. The Morgan fingerprint density at radius 3 is 2.84 bits per heavy atom. The van der Waals surface area contributed by atoms with Crippen molar-refractivity contribution in [3.05, 3.63) is 42.0 Å². The van der Waals surface area contributed by atoms with Crippen LogP contribution in [0.15, 0.2) is 36.4 Å². The minimum absolute atomic E-state index is 0.244. The fourth-order valence-electron chi connectivity index (χ4n) is 2.64. The Kier molecular flexibility index (Phi) is 5.46. The van der Waals surface area contributed by atoms with Crippen LogP contribution in [-0.2, 0) is 0 Å². The third kappa shape index (κ3) is 3.84. The van der Waals surface area contributed by atoms with Crippen molar-refractivity contribution in [3.8, 4) is 5.75 Å². The molecule has 0 amide bonds. The van der Waals surface area contributed by atoms with E-state index in [-0.39, 0.29) is 6.10 Å². The molecule has 19 heavy (non-hydrogen) atoms. The van der Waals surface area contributed by atoms with Crippen molar-refractivity contribution in [3.63, 3.8) is 0 Å². The van der Waals surface area contributed by atoms with E-state index in [9.17, 15) is 0 Å². The summed E-state index contributed by atoms with van der Waals surface area (Å²) >= 11 is 0. The van der Waals surface area contributed by atoms with Gasteiger partial charge in [-0.3, -0.25) is 0 Å². The van der Waals surface area contributed by atoms with Crippen LogP contribution >= 0.6 is 0 Å². The molecule has 0 bridgehead atoms. The summed E-state index contributed by atoms with van der Waals surface area (Å²) in [4.78, 5) is 0. The van der Waals surface area contributed by atoms with Crippen molar-refractivity contribution in [2.24, 2.45) is 0 Å². The molecule has 1 aliphatic carbocycles. The molecule has 1 aromatic rings. The van der Waals surface area contributed by atoms with Crippen LogP contribution < -0.4 is 10.1 Å². The number of nitrogens with one attached hydrogen (secondary N) is 1. The molecule has 1 aliphatic rings. The average molecular weight is 259 g/mol. The molecule has 0 saturated heterocycles. The first kappa shape index (κ1) is 14.1. The Balaban J connectivity index is 2.14. The maximum atomic E-state index is 6.19. The predicted molar refractivity (Wildman–Crippen MR) is 80.6 cm³/mol. The molecule has 104 valence electrons. The fourth-order valence-corrected chi connectivity index (χ4v) is 2.64. The van der Waals surface area contributed by atoms with E-state index in [0.29, 0.717) is 6.04 Å². The summed E-state index contributed by atoms with van der Waals surface area (Å²) in [6, 6.07) is 8.81. The number of allylic oxidation sites excluding steroid dienone is 1. The molecule has 0 radical (unpaired) electrons. The van der Waals surface area contributed by atoms with E-state index in [4.69, 9.17) is 4.74 Å². The minimum Gasteiger partial charge on any atom is -0.486 e. The quantitative estimate of drug-likeness (QED) is 0.772. The largest absolute Gasteiger partial charge is 0.486 e. The van der Waals surface area contributed by atoms with Crippen LogP contribution in [0.25, 0.3) is 0 Å². The van der Waals surface area contributed by atoms with E-state index in [2.05, 4.69) is 55.6 Å². The van der Waals surface area contributed by atoms with Gasteiger partial charge in [0.1, 0.15) is 11.9 Å². The molecular weight excluding hydrogens is 234 g/mol. The Bertz CT molecular complexity index is 413. The van der Waals surface area contributed by atoms with E-state index < -0.39 is 0 Å². The molecule has 0 fully saturated rings. The second-order valence-electron chi connectivity index (χ2n) is 5.07. The van der Waals surface area contributed by atoms with Crippen LogP contribution in [0.4, 0.5) is 0 Å². The third-order valence-corrected chi connectivity index (χ3v) is 3.64. The number of hydrogen-bond acceptors (Lipinski definition) is 2. The number of ether oxygens (including phenoxy) is 1. The number of rotatable bonds is 6. The zero-order valence-electron chi connectivity index (χ0n) is 12.1. The van der Waals surface area contributed by atoms with E-state index >= 15 is 0 Å². The highest BCUT2D eigenvalue weighted by Gasteiger charge is 2.16.